The van der Waals surface area contributed by atoms with Gasteiger partial charge in [-0.05, 0) is 112 Å². The van der Waals surface area contributed by atoms with Gasteiger partial charge < -0.3 is 41.1 Å². The van der Waals surface area contributed by atoms with Crippen LogP contribution in [-0.2, 0) is 27.5 Å². The van der Waals surface area contributed by atoms with Gasteiger partial charge in [-0.1, -0.05) is 45.4 Å². The number of hydrogen-bond acceptors (Lipinski definition) is 10. The Balaban J connectivity index is 1.28. The van der Waals surface area contributed by atoms with E-state index in [1.54, 1.807) is 19.1 Å². The van der Waals surface area contributed by atoms with Crippen LogP contribution in [0.5, 0.6) is 5.75 Å². The van der Waals surface area contributed by atoms with Crippen LogP contribution < -0.4 is 26.0 Å². The molecule has 5 fully saturated rings. The minimum Gasteiger partial charge on any atom is -0.496 e. The summed E-state index contributed by atoms with van der Waals surface area (Å²) in [6.45, 7) is 11.7. The molecule has 2 heterocycles. The molecule has 0 spiro atoms. The lowest BCUT2D eigenvalue weighted by molar-refractivity contribution is -0.183. The fourth-order valence-electron chi connectivity index (χ4n) is 10.5. The number of amides is 3. The van der Waals surface area contributed by atoms with Crippen LogP contribution in [0.3, 0.4) is 0 Å². The van der Waals surface area contributed by atoms with E-state index in [1.807, 2.05) is 50.5 Å². The first-order chi connectivity index (χ1) is 27.6. The first-order valence-corrected chi connectivity index (χ1v) is 21.4. The van der Waals surface area contributed by atoms with Gasteiger partial charge >= 0.3 is 0 Å². The molecule has 0 aromatic heterocycles. The summed E-state index contributed by atoms with van der Waals surface area (Å²) in [5.74, 6) is 0.682. The standard InChI is InChI=1S/C45H68N6O7/c1-26-37-19-33(45(37,4)5)20-38(26)49-44(56)41-40(27(2)53)39(25-52)58-51(41)23-30-12-11-14-36(42(30)57-8)31-16-29(22-47-28(3)54)17-32(18-31)43(55)48-35(24-50(6)7)21-34-13-9-10-15-46-34/h11-12,14,16-18,26-27,33-35,37-41,46,52-53H,9-10,13,15,19-25H2,1-8H3,(H,47,54)(H,48,55)(H,49,56)/t26-,27-,33+,34?,35-,37-,38-,39-,40-,41-/m0/s1. The van der Waals surface area contributed by atoms with E-state index in [-0.39, 0.29) is 54.9 Å². The minimum absolute atomic E-state index is 0.0186. The first-order valence-electron chi connectivity index (χ1n) is 21.4. The number of aliphatic hydroxyl groups excluding tert-OH is 2. The van der Waals surface area contributed by atoms with Gasteiger partial charge in [-0.3, -0.25) is 19.2 Å². The van der Waals surface area contributed by atoms with Crippen molar-refractivity contribution in [3.05, 3.63) is 53.1 Å². The Kier molecular flexibility index (Phi) is 14.2. The van der Waals surface area contributed by atoms with E-state index in [9.17, 15) is 24.6 Å². The smallest absolute Gasteiger partial charge is 0.251 e. The zero-order valence-electron chi connectivity index (χ0n) is 35.8. The zero-order valence-corrected chi connectivity index (χ0v) is 35.8. The van der Waals surface area contributed by atoms with E-state index in [0.29, 0.717) is 41.7 Å². The normalized spacial score (nSPS) is 28.9. The van der Waals surface area contributed by atoms with Crippen molar-refractivity contribution >= 4 is 17.7 Å². The van der Waals surface area contributed by atoms with E-state index in [2.05, 4.69) is 46.9 Å². The van der Waals surface area contributed by atoms with Crippen LogP contribution in [-0.4, -0.2) is 115 Å². The highest BCUT2D eigenvalue weighted by Crippen LogP contribution is 2.61. The molecule has 3 aliphatic carbocycles. The van der Waals surface area contributed by atoms with Crippen LogP contribution in [0, 0.1) is 29.1 Å². The number of rotatable bonds is 16. The van der Waals surface area contributed by atoms with Crippen molar-refractivity contribution in [3.63, 3.8) is 0 Å². The van der Waals surface area contributed by atoms with Gasteiger partial charge in [-0.25, -0.2) is 0 Å². The summed E-state index contributed by atoms with van der Waals surface area (Å²) in [4.78, 5) is 48.8. The molecule has 58 heavy (non-hydrogen) atoms. The second kappa shape index (κ2) is 18.8. The quantitative estimate of drug-likeness (QED) is 0.147. The van der Waals surface area contributed by atoms with Gasteiger partial charge in [0, 0.05) is 60.7 Å². The maximum Gasteiger partial charge on any atom is 0.251 e. The van der Waals surface area contributed by atoms with Crippen LogP contribution in [0.15, 0.2) is 36.4 Å². The Bertz CT molecular complexity index is 1760. The molecular formula is C45H68N6O7. The number of carbonyl (C=O) groups is 3. The number of hydroxylamine groups is 2. The summed E-state index contributed by atoms with van der Waals surface area (Å²) in [5.41, 5.74) is 3.66. The molecule has 10 atom stereocenters. The molecule has 13 nitrogen and oxygen atoms in total. The van der Waals surface area contributed by atoms with Gasteiger partial charge in [0.15, 0.2) is 0 Å². The number of nitrogens with zero attached hydrogens (tertiary/aromatic N) is 2. The number of methoxy groups -OCH3 is 1. The van der Waals surface area contributed by atoms with Crippen LogP contribution in [0.25, 0.3) is 11.1 Å². The van der Waals surface area contributed by atoms with E-state index in [0.717, 1.165) is 48.1 Å². The summed E-state index contributed by atoms with van der Waals surface area (Å²) in [6, 6.07) is 10.8. The summed E-state index contributed by atoms with van der Waals surface area (Å²) in [6.07, 6.45) is 4.65. The van der Waals surface area contributed by atoms with Crippen LogP contribution >= 0.6 is 0 Å². The minimum atomic E-state index is -0.922. The lowest BCUT2D eigenvalue weighted by atomic mass is 9.45. The lowest BCUT2D eigenvalue weighted by Gasteiger charge is -2.62. The van der Waals surface area contributed by atoms with Crippen molar-refractivity contribution in [3.8, 4) is 16.9 Å². The number of para-hydroxylation sites is 1. The van der Waals surface area contributed by atoms with Gasteiger partial charge in [0.05, 0.1) is 26.4 Å². The number of ether oxygens (including phenoxy) is 1. The average molecular weight is 805 g/mol. The Morgan fingerprint density at radius 2 is 1.91 bits per heavy atom. The highest BCUT2D eigenvalue weighted by Gasteiger charge is 2.57. The van der Waals surface area contributed by atoms with Crippen LogP contribution in [0.4, 0.5) is 0 Å². The number of fused-ring (bicyclic) bond motifs is 2. The maximum atomic E-state index is 14.3. The summed E-state index contributed by atoms with van der Waals surface area (Å²) in [5, 5.41) is 36.1. The Morgan fingerprint density at radius 3 is 2.53 bits per heavy atom. The largest absolute Gasteiger partial charge is 0.496 e. The fourth-order valence-corrected chi connectivity index (χ4v) is 10.5. The third-order valence-electron chi connectivity index (χ3n) is 13.7. The SMILES string of the molecule is COc1c(CN2O[C@@H](CO)[C@H]([C@H](C)O)[C@H]2C(=O)N[C@H]2C[C@H]3C[C@@H]([C@@H]2C)C3(C)C)cccc1-c1cc(CNC(C)=O)cc(C(=O)N[C@@H](CC2CCCCN2)CN(C)C)c1. The average Bonchev–Trinajstić information content (AvgIpc) is 3.56. The molecule has 7 rings (SSSR count). The zero-order chi connectivity index (χ0) is 41.9. The molecule has 2 bridgehead atoms. The number of hydrogen-bond donors (Lipinski definition) is 6. The summed E-state index contributed by atoms with van der Waals surface area (Å²) in [7, 11) is 5.60. The number of piperidine rings is 1. The second-order valence-electron chi connectivity index (χ2n) is 18.4. The number of carbonyl (C=O) groups excluding carboxylic acids is 3. The maximum absolute atomic E-state index is 14.3. The molecule has 1 unspecified atom stereocenters. The predicted molar refractivity (Wildman–Crippen MR) is 224 cm³/mol. The van der Waals surface area contributed by atoms with E-state index in [4.69, 9.17) is 9.57 Å². The molecule has 3 amide bonds. The Hall–Kier alpha value is -3.59. The molecule has 2 saturated heterocycles. The predicted octanol–water partition coefficient (Wildman–Crippen LogP) is 3.85. The first kappa shape index (κ1) is 44.0. The van der Waals surface area contributed by atoms with Crippen molar-refractivity contribution in [2.75, 3.05) is 40.9 Å². The van der Waals surface area contributed by atoms with Crippen molar-refractivity contribution in [2.45, 2.75) is 123 Å². The third kappa shape index (κ3) is 9.71. The van der Waals surface area contributed by atoms with E-state index >= 15 is 0 Å². The van der Waals surface area contributed by atoms with Gasteiger partial charge in [0.25, 0.3) is 5.91 Å². The lowest BCUT2D eigenvalue weighted by Crippen LogP contribution is -2.62. The molecule has 13 heteroatoms. The number of likely N-dealkylation sites (N-methyl/N-ethyl adjacent to an activating group) is 1. The summed E-state index contributed by atoms with van der Waals surface area (Å²) < 4.78 is 6.10. The van der Waals surface area contributed by atoms with Crippen LogP contribution in [0.1, 0.15) is 94.6 Å². The Labute approximate surface area is 344 Å². The molecule has 0 radical (unpaired) electrons. The van der Waals surface area contributed by atoms with Gasteiger partial charge in [0.2, 0.25) is 11.8 Å². The van der Waals surface area contributed by atoms with Crippen LogP contribution in [0.2, 0.25) is 0 Å². The molecular weight excluding hydrogens is 737 g/mol. The van der Waals surface area contributed by atoms with Crippen molar-refractivity contribution in [1.82, 2.24) is 31.2 Å². The molecule has 2 aromatic carbocycles. The number of aliphatic hydroxyl groups is 2. The second-order valence-corrected chi connectivity index (χ2v) is 18.4. The topological polar surface area (TPSA) is 165 Å². The molecule has 320 valence electrons. The third-order valence-corrected chi connectivity index (χ3v) is 13.7. The molecule has 6 N–H and O–H groups in total. The molecule has 2 aromatic rings. The highest BCUT2D eigenvalue weighted by molar-refractivity contribution is 5.96. The fraction of sp³-hybridized carbons (Fsp3) is 0.667. The molecule has 2 aliphatic heterocycles. The van der Waals surface area contributed by atoms with Crippen molar-refractivity contribution in [2.24, 2.45) is 29.1 Å². The van der Waals surface area contributed by atoms with Gasteiger partial charge in [-0.15, -0.1) is 0 Å². The van der Waals surface area contributed by atoms with Crippen molar-refractivity contribution in [1.29, 1.82) is 0 Å². The number of benzene rings is 2. The Morgan fingerprint density at radius 1 is 1.14 bits per heavy atom. The monoisotopic (exact) mass is 805 g/mol. The van der Waals surface area contributed by atoms with E-state index < -0.39 is 24.2 Å². The number of nitrogens with one attached hydrogen (secondary N) is 4. The molecule has 5 aliphatic rings. The van der Waals surface area contributed by atoms with Gasteiger partial charge in [-0.2, -0.15) is 5.06 Å². The van der Waals surface area contributed by atoms with Gasteiger partial charge in [0.1, 0.15) is 17.9 Å². The molecule has 3 saturated carbocycles. The summed E-state index contributed by atoms with van der Waals surface area (Å²) >= 11 is 0. The van der Waals surface area contributed by atoms with Crippen molar-refractivity contribution < 1.29 is 34.2 Å². The highest BCUT2D eigenvalue weighted by atomic mass is 16.7. The van der Waals surface area contributed by atoms with E-state index in [1.165, 1.54) is 26.2 Å².